The molecule has 8 heteroatoms. The molecule has 3 aromatic carbocycles. The van der Waals surface area contributed by atoms with E-state index in [0.29, 0.717) is 16.9 Å². The van der Waals surface area contributed by atoms with Gasteiger partial charge in [-0.2, -0.15) is 0 Å². The lowest BCUT2D eigenvalue weighted by molar-refractivity contribution is 0.601. The molecule has 0 unspecified atom stereocenters. The van der Waals surface area contributed by atoms with Crippen LogP contribution in [0.4, 0.5) is 5.69 Å². The summed E-state index contributed by atoms with van der Waals surface area (Å²) in [6.07, 6.45) is 0. The third-order valence-electron chi connectivity index (χ3n) is 4.23. The van der Waals surface area contributed by atoms with Gasteiger partial charge in [0.15, 0.2) is 0 Å². The van der Waals surface area contributed by atoms with E-state index in [9.17, 15) is 13.2 Å². The minimum absolute atomic E-state index is 0.112. The lowest BCUT2D eigenvalue weighted by Crippen LogP contribution is -2.14. The first-order valence-electron chi connectivity index (χ1n) is 8.38. The molecule has 4 aromatic rings. The van der Waals surface area contributed by atoms with Crippen LogP contribution in [-0.2, 0) is 16.6 Å². The highest BCUT2D eigenvalue weighted by Crippen LogP contribution is 2.24. The molecule has 1 N–H and O–H groups in total. The molecule has 1 aromatic heterocycles. The number of nitrogens with zero attached hydrogens (tertiary/aromatic N) is 1. The number of nitrogens with one attached hydrogen (secondary N) is 1. The van der Waals surface area contributed by atoms with Gasteiger partial charge in [-0.25, -0.2) is 8.42 Å². The van der Waals surface area contributed by atoms with Crippen molar-refractivity contribution in [2.75, 3.05) is 4.72 Å². The summed E-state index contributed by atoms with van der Waals surface area (Å²) in [4.78, 5) is 12.5. The number of rotatable bonds is 5. The van der Waals surface area contributed by atoms with E-state index in [-0.39, 0.29) is 9.77 Å². The Hall–Kier alpha value is -2.17. The molecule has 0 atom stereocenters. The van der Waals surface area contributed by atoms with Crippen molar-refractivity contribution in [3.05, 3.63) is 91.6 Å². The van der Waals surface area contributed by atoms with Gasteiger partial charge in [-0.15, -0.1) is 0 Å². The number of hydrogen-bond acceptors (Lipinski definition) is 4. The molecule has 0 saturated carbocycles. The fourth-order valence-electron chi connectivity index (χ4n) is 2.86. The second-order valence-electron chi connectivity index (χ2n) is 6.18. The number of halogens is 1. The SMILES string of the molecule is O=c1sc2cc(S(=O)(=O)Nc3ccc(I)cc3)ccc2n1Cc1ccccc1. The van der Waals surface area contributed by atoms with Gasteiger partial charge in [-0.1, -0.05) is 41.7 Å². The van der Waals surface area contributed by atoms with Gasteiger partial charge in [0.05, 0.1) is 21.7 Å². The molecule has 0 aliphatic heterocycles. The average Bonchev–Trinajstić information content (AvgIpc) is 2.99. The number of aromatic nitrogens is 1. The molecule has 5 nitrogen and oxygen atoms in total. The van der Waals surface area contributed by atoms with Crippen molar-refractivity contribution in [1.82, 2.24) is 4.57 Å². The average molecular weight is 522 g/mol. The van der Waals surface area contributed by atoms with Crippen molar-refractivity contribution >= 4 is 59.9 Å². The monoisotopic (exact) mass is 522 g/mol. The highest BCUT2D eigenvalue weighted by atomic mass is 127. The van der Waals surface area contributed by atoms with E-state index in [0.717, 1.165) is 26.0 Å². The Morgan fingerprint density at radius 1 is 0.964 bits per heavy atom. The summed E-state index contributed by atoms with van der Waals surface area (Å²) in [7, 11) is -3.74. The summed E-state index contributed by atoms with van der Waals surface area (Å²) in [5.41, 5.74) is 2.24. The summed E-state index contributed by atoms with van der Waals surface area (Å²) in [6, 6.07) is 21.6. The minimum atomic E-state index is -3.74. The summed E-state index contributed by atoms with van der Waals surface area (Å²) in [6.45, 7) is 0.451. The zero-order valence-electron chi connectivity index (χ0n) is 14.5. The fraction of sp³-hybridized carbons (Fsp3) is 0.0500. The fourth-order valence-corrected chi connectivity index (χ4v) is 5.31. The van der Waals surface area contributed by atoms with Crippen molar-refractivity contribution in [2.24, 2.45) is 0 Å². The molecule has 0 aliphatic carbocycles. The first-order chi connectivity index (χ1) is 13.4. The van der Waals surface area contributed by atoms with Crippen molar-refractivity contribution in [1.29, 1.82) is 0 Å². The van der Waals surface area contributed by atoms with E-state index in [1.54, 1.807) is 28.8 Å². The van der Waals surface area contributed by atoms with Gasteiger partial charge in [0.25, 0.3) is 10.0 Å². The van der Waals surface area contributed by atoms with Crippen LogP contribution in [0.3, 0.4) is 0 Å². The Labute approximate surface area is 179 Å². The summed E-state index contributed by atoms with van der Waals surface area (Å²) >= 11 is 3.21. The van der Waals surface area contributed by atoms with Gasteiger partial charge in [0.2, 0.25) is 0 Å². The summed E-state index contributed by atoms with van der Waals surface area (Å²) < 4.78 is 31.3. The van der Waals surface area contributed by atoms with E-state index in [1.807, 2.05) is 42.5 Å². The zero-order valence-corrected chi connectivity index (χ0v) is 18.3. The van der Waals surface area contributed by atoms with Crippen molar-refractivity contribution in [2.45, 2.75) is 11.4 Å². The normalized spacial score (nSPS) is 11.6. The third-order valence-corrected chi connectivity index (χ3v) is 7.27. The van der Waals surface area contributed by atoms with E-state index < -0.39 is 10.0 Å². The van der Waals surface area contributed by atoms with Crippen LogP contribution >= 0.6 is 33.9 Å². The van der Waals surface area contributed by atoms with Gasteiger partial charge in [0.1, 0.15) is 0 Å². The Morgan fingerprint density at radius 3 is 2.39 bits per heavy atom. The molecule has 142 valence electrons. The molecule has 0 fully saturated rings. The smallest absolute Gasteiger partial charge is 0.294 e. The number of fused-ring (bicyclic) bond motifs is 1. The van der Waals surface area contributed by atoms with Crippen molar-refractivity contribution < 1.29 is 8.42 Å². The van der Waals surface area contributed by atoms with E-state index in [1.165, 1.54) is 6.07 Å². The molecule has 0 amide bonds. The standard InChI is InChI=1S/C20H15IN2O3S2/c21-15-6-8-16(9-7-15)22-28(25,26)17-10-11-18-19(12-17)27-20(24)23(18)13-14-4-2-1-3-5-14/h1-12,22H,13H2. The second-order valence-corrected chi connectivity index (χ2v) is 10.1. The van der Waals surface area contributed by atoms with Crippen molar-refractivity contribution in [3.8, 4) is 0 Å². The van der Waals surface area contributed by atoms with Gasteiger partial charge in [0, 0.05) is 9.26 Å². The molecule has 0 radical (unpaired) electrons. The van der Waals surface area contributed by atoms with E-state index in [4.69, 9.17) is 0 Å². The van der Waals surface area contributed by atoms with Crippen LogP contribution in [0.25, 0.3) is 10.2 Å². The third kappa shape index (κ3) is 3.98. The maximum Gasteiger partial charge on any atom is 0.308 e. The predicted octanol–water partition coefficient (Wildman–Crippen LogP) is 4.52. The number of anilines is 1. The lowest BCUT2D eigenvalue weighted by atomic mass is 10.2. The molecule has 1 heterocycles. The van der Waals surface area contributed by atoms with Crippen LogP contribution < -0.4 is 9.60 Å². The van der Waals surface area contributed by atoms with Gasteiger partial charge >= 0.3 is 4.87 Å². The Morgan fingerprint density at radius 2 is 1.68 bits per heavy atom. The minimum Gasteiger partial charge on any atom is -0.294 e. The van der Waals surface area contributed by atoms with Crippen LogP contribution in [0, 0.1) is 3.57 Å². The maximum atomic E-state index is 12.7. The number of hydrogen-bond donors (Lipinski definition) is 1. The highest BCUT2D eigenvalue weighted by Gasteiger charge is 2.17. The van der Waals surface area contributed by atoms with Crippen LogP contribution in [0.2, 0.25) is 0 Å². The number of benzene rings is 3. The molecule has 4 rings (SSSR count). The van der Waals surface area contributed by atoms with Crippen LogP contribution in [0.15, 0.2) is 82.5 Å². The van der Waals surface area contributed by atoms with Gasteiger partial charge in [-0.3, -0.25) is 14.1 Å². The zero-order chi connectivity index (χ0) is 19.7. The van der Waals surface area contributed by atoms with Crippen LogP contribution in [0.5, 0.6) is 0 Å². The molecule has 0 bridgehead atoms. The highest BCUT2D eigenvalue weighted by molar-refractivity contribution is 14.1. The molecule has 0 spiro atoms. The molecule has 0 aliphatic rings. The number of sulfonamides is 1. The molecule has 0 saturated heterocycles. The van der Waals surface area contributed by atoms with Crippen LogP contribution in [-0.4, -0.2) is 13.0 Å². The topological polar surface area (TPSA) is 68.2 Å². The first kappa shape index (κ1) is 19.2. The molecular weight excluding hydrogens is 507 g/mol. The first-order valence-corrected chi connectivity index (χ1v) is 11.8. The predicted molar refractivity (Wildman–Crippen MR) is 122 cm³/mol. The number of thiazole rings is 1. The molecular formula is C20H15IN2O3S2. The largest absolute Gasteiger partial charge is 0.308 e. The maximum absolute atomic E-state index is 12.7. The Bertz CT molecular complexity index is 1300. The summed E-state index contributed by atoms with van der Waals surface area (Å²) in [5.74, 6) is 0. The van der Waals surface area contributed by atoms with Crippen molar-refractivity contribution in [3.63, 3.8) is 0 Å². The van der Waals surface area contributed by atoms with Gasteiger partial charge < -0.3 is 0 Å². The second kappa shape index (κ2) is 7.69. The quantitative estimate of drug-likeness (QED) is 0.392. The van der Waals surface area contributed by atoms with E-state index in [2.05, 4.69) is 27.3 Å². The molecule has 28 heavy (non-hydrogen) atoms. The summed E-state index contributed by atoms with van der Waals surface area (Å²) in [5, 5.41) is 0. The Kier molecular flexibility index (Phi) is 5.26. The Balaban J connectivity index is 1.68. The van der Waals surface area contributed by atoms with Gasteiger partial charge in [-0.05, 0) is 70.6 Å². The lowest BCUT2D eigenvalue weighted by Gasteiger charge is -2.09. The van der Waals surface area contributed by atoms with Crippen LogP contribution in [0.1, 0.15) is 5.56 Å². The van der Waals surface area contributed by atoms with E-state index >= 15 is 0 Å².